The predicted octanol–water partition coefficient (Wildman–Crippen LogP) is 4.15. The van der Waals surface area contributed by atoms with Crippen molar-refractivity contribution in [2.45, 2.75) is 19.6 Å². The van der Waals surface area contributed by atoms with Crippen LogP contribution in [0.2, 0.25) is 0 Å². The van der Waals surface area contributed by atoms with Gasteiger partial charge in [-0.1, -0.05) is 12.1 Å². The Morgan fingerprint density at radius 1 is 1.03 bits per heavy atom. The maximum absolute atomic E-state index is 6.17. The molecule has 0 unspecified atom stereocenters. The first-order valence-corrected chi connectivity index (χ1v) is 10.9. The largest absolute Gasteiger partial charge is 0.489 e. The second-order valence-electron chi connectivity index (χ2n) is 7.88. The van der Waals surface area contributed by atoms with Crippen LogP contribution in [-0.2, 0) is 6.54 Å². The van der Waals surface area contributed by atoms with Gasteiger partial charge in [0.2, 0.25) is 0 Å². The van der Waals surface area contributed by atoms with Crippen molar-refractivity contribution < 1.29 is 4.74 Å². The molecule has 3 aromatic heterocycles. The number of ether oxygens (including phenoxy) is 1. The Morgan fingerprint density at radius 3 is 2.82 bits per heavy atom. The van der Waals surface area contributed by atoms with Crippen LogP contribution in [0.1, 0.15) is 12.6 Å². The SMILES string of the molecule is CNC[C@@H](C)Oc1cccc2ncnc(Nc3ccc4c(cnn4Cc4ccccn4)c3)c12. The van der Waals surface area contributed by atoms with Crippen LogP contribution in [0.5, 0.6) is 5.75 Å². The molecule has 5 aromatic rings. The van der Waals surface area contributed by atoms with Crippen LogP contribution in [0, 0.1) is 0 Å². The number of aromatic nitrogens is 5. The molecule has 0 aliphatic rings. The van der Waals surface area contributed by atoms with E-state index in [0.29, 0.717) is 12.4 Å². The van der Waals surface area contributed by atoms with Gasteiger partial charge in [-0.15, -0.1) is 0 Å². The van der Waals surface area contributed by atoms with Gasteiger partial charge in [0, 0.05) is 23.8 Å². The van der Waals surface area contributed by atoms with E-state index in [9.17, 15) is 0 Å². The average Bonchev–Trinajstić information content (AvgIpc) is 3.22. The highest BCUT2D eigenvalue weighted by Crippen LogP contribution is 2.32. The fraction of sp³-hybridized carbons (Fsp3) is 0.200. The van der Waals surface area contributed by atoms with Crippen molar-refractivity contribution in [3.8, 4) is 5.75 Å². The summed E-state index contributed by atoms with van der Waals surface area (Å²) >= 11 is 0. The molecule has 0 fully saturated rings. The molecule has 2 N–H and O–H groups in total. The van der Waals surface area contributed by atoms with E-state index in [1.165, 1.54) is 0 Å². The molecule has 0 aliphatic heterocycles. The number of pyridine rings is 1. The summed E-state index contributed by atoms with van der Waals surface area (Å²) in [6, 6.07) is 17.9. The Hall–Kier alpha value is -4.04. The van der Waals surface area contributed by atoms with E-state index in [2.05, 4.69) is 42.8 Å². The molecule has 0 radical (unpaired) electrons. The van der Waals surface area contributed by atoms with Crippen molar-refractivity contribution in [1.29, 1.82) is 0 Å². The zero-order valence-corrected chi connectivity index (χ0v) is 18.6. The van der Waals surface area contributed by atoms with E-state index >= 15 is 0 Å². The number of hydrogen-bond donors (Lipinski definition) is 2. The minimum Gasteiger partial charge on any atom is -0.489 e. The Kier molecular flexibility index (Phi) is 5.82. The number of fused-ring (bicyclic) bond motifs is 2. The number of likely N-dealkylation sites (N-methyl/N-ethyl adjacent to an activating group) is 1. The van der Waals surface area contributed by atoms with Crippen molar-refractivity contribution >= 4 is 33.3 Å². The Bertz CT molecular complexity index is 1380. The molecule has 2 aromatic carbocycles. The molecule has 3 heterocycles. The lowest BCUT2D eigenvalue weighted by atomic mass is 10.2. The number of nitrogens with one attached hydrogen (secondary N) is 2. The van der Waals surface area contributed by atoms with E-state index in [4.69, 9.17) is 4.74 Å². The van der Waals surface area contributed by atoms with Crippen LogP contribution in [-0.4, -0.2) is 44.4 Å². The van der Waals surface area contributed by atoms with Crippen LogP contribution in [0.15, 0.2) is 73.3 Å². The third kappa shape index (κ3) is 4.47. The maximum atomic E-state index is 6.17. The zero-order chi connectivity index (χ0) is 22.6. The molecule has 0 aliphatic carbocycles. The van der Waals surface area contributed by atoms with E-state index in [1.807, 2.05) is 67.3 Å². The van der Waals surface area contributed by atoms with Crippen molar-refractivity contribution in [2.24, 2.45) is 0 Å². The molecule has 0 bridgehead atoms. The molecule has 5 rings (SSSR count). The van der Waals surface area contributed by atoms with Crippen LogP contribution in [0.25, 0.3) is 21.8 Å². The van der Waals surface area contributed by atoms with E-state index < -0.39 is 0 Å². The van der Waals surface area contributed by atoms with Crippen LogP contribution < -0.4 is 15.4 Å². The monoisotopic (exact) mass is 439 g/mol. The van der Waals surface area contributed by atoms with Gasteiger partial charge in [0.05, 0.1) is 34.9 Å². The Labute approximate surface area is 191 Å². The first-order chi connectivity index (χ1) is 16.2. The molecule has 0 spiro atoms. The van der Waals surface area contributed by atoms with Gasteiger partial charge in [0.25, 0.3) is 0 Å². The summed E-state index contributed by atoms with van der Waals surface area (Å²) in [5.74, 6) is 1.45. The summed E-state index contributed by atoms with van der Waals surface area (Å²) in [6.07, 6.45) is 5.24. The fourth-order valence-corrected chi connectivity index (χ4v) is 3.89. The molecular weight excluding hydrogens is 414 g/mol. The summed E-state index contributed by atoms with van der Waals surface area (Å²) in [4.78, 5) is 13.3. The third-order valence-corrected chi connectivity index (χ3v) is 5.39. The number of nitrogens with zero attached hydrogens (tertiary/aromatic N) is 5. The number of benzene rings is 2. The topological polar surface area (TPSA) is 89.8 Å². The van der Waals surface area contributed by atoms with Gasteiger partial charge < -0.3 is 15.4 Å². The molecule has 33 heavy (non-hydrogen) atoms. The summed E-state index contributed by atoms with van der Waals surface area (Å²) in [5.41, 5.74) is 3.75. The van der Waals surface area contributed by atoms with Gasteiger partial charge in [0.1, 0.15) is 24.0 Å². The van der Waals surface area contributed by atoms with Crippen molar-refractivity contribution in [1.82, 2.24) is 30.0 Å². The van der Waals surface area contributed by atoms with Crippen molar-refractivity contribution in [3.05, 3.63) is 79.0 Å². The Balaban J connectivity index is 1.45. The average molecular weight is 440 g/mol. The molecule has 8 heteroatoms. The maximum Gasteiger partial charge on any atom is 0.145 e. The molecule has 8 nitrogen and oxygen atoms in total. The minimum absolute atomic E-state index is 0.00921. The first-order valence-electron chi connectivity index (χ1n) is 10.9. The highest BCUT2D eigenvalue weighted by molar-refractivity contribution is 5.96. The van der Waals surface area contributed by atoms with Crippen LogP contribution >= 0.6 is 0 Å². The van der Waals surface area contributed by atoms with Gasteiger partial charge in [-0.25, -0.2) is 9.97 Å². The van der Waals surface area contributed by atoms with Crippen LogP contribution in [0.3, 0.4) is 0 Å². The lowest BCUT2D eigenvalue weighted by molar-refractivity contribution is 0.223. The molecule has 0 saturated heterocycles. The number of hydrogen-bond acceptors (Lipinski definition) is 7. The Morgan fingerprint density at radius 2 is 1.97 bits per heavy atom. The highest BCUT2D eigenvalue weighted by Gasteiger charge is 2.13. The smallest absolute Gasteiger partial charge is 0.145 e. The van der Waals surface area contributed by atoms with E-state index in [1.54, 1.807) is 12.5 Å². The summed E-state index contributed by atoms with van der Waals surface area (Å²) < 4.78 is 8.13. The van der Waals surface area contributed by atoms with Gasteiger partial charge in [-0.3, -0.25) is 9.67 Å². The summed E-state index contributed by atoms with van der Waals surface area (Å²) in [6.45, 7) is 3.40. The van der Waals surface area contributed by atoms with Gasteiger partial charge >= 0.3 is 0 Å². The molecule has 1 atom stereocenters. The number of anilines is 2. The van der Waals surface area contributed by atoms with Crippen molar-refractivity contribution in [2.75, 3.05) is 18.9 Å². The van der Waals surface area contributed by atoms with E-state index in [0.717, 1.165) is 45.5 Å². The molecule has 0 amide bonds. The second-order valence-corrected chi connectivity index (χ2v) is 7.88. The lowest BCUT2D eigenvalue weighted by Crippen LogP contribution is -2.26. The summed E-state index contributed by atoms with van der Waals surface area (Å²) in [7, 11) is 1.91. The van der Waals surface area contributed by atoms with Crippen molar-refractivity contribution in [3.63, 3.8) is 0 Å². The normalized spacial score (nSPS) is 12.2. The predicted molar refractivity (Wildman–Crippen MR) is 130 cm³/mol. The summed E-state index contributed by atoms with van der Waals surface area (Å²) in [5, 5.41) is 13.0. The highest BCUT2D eigenvalue weighted by atomic mass is 16.5. The van der Waals surface area contributed by atoms with Crippen LogP contribution in [0.4, 0.5) is 11.5 Å². The van der Waals surface area contributed by atoms with Gasteiger partial charge in [0.15, 0.2) is 0 Å². The molecule has 166 valence electrons. The van der Waals surface area contributed by atoms with Gasteiger partial charge in [-0.2, -0.15) is 5.10 Å². The standard InChI is InChI=1S/C25H25N7O/c1-17(13-26-2)33-23-8-5-7-21-24(23)25(29-16-28-21)31-19-9-10-22-18(12-19)14-30-32(22)15-20-6-3-4-11-27-20/h3-12,14,16-17,26H,13,15H2,1-2H3,(H,28,29,31)/t17-/m1/s1. The zero-order valence-electron chi connectivity index (χ0n) is 18.6. The first kappa shape index (κ1) is 20.8. The quantitative estimate of drug-likeness (QED) is 0.375. The molecule has 0 saturated carbocycles. The lowest BCUT2D eigenvalue weighted by Gasteiger charge is -2.17. The van der Waals surface area contributed by atoms with Gasteiger partial charge in [-0.05, 0) is 56.4 Å². The fourth-order valence-electron chi connectivity index (χ4n) is 3.89. The minimum atomic E-state index is 0.00921. The third-order valence-electron chi connectivity index (χ3n) is 5.39. The van der Waals surface area contributed by atoms with E-state index in [-0.39, 0.29) is 6.10 Å². The number of rotatable bonds is 8. The second kappa shape index (κ2) is 9.22. The molecular formula is C25H25N7O.